The SMILES string of the molecule is CCC(=O)c1cc(Cl)cc(C(F)(F)F)c1. The van der Waals surface area contributed by atoms with E-state index >= 15 is 0 Å². The van der Waals surface area contributed by atoms with Crippen LogP contribution in [0.4, 0.5) is 13.2 Å². The Morgan fingerprint density at radius 2 is 1.93 bits per heavy atom. The van der Waals surface area contributed by atoms with Crippen LogP contribution in [0.15, 0.2) is 18.2 Å². The van der Waals surface area contributed by atoms with Gasteiger partial charge in [-0.15, -0.1) is 0 Å². The molecule has 0 fully saturated rings. The zero-order valence-electron chi connectivity index (χ0n) is 7.86. The van der Waals surface area contributed by atoms with Crippen LogP contribution in [-0.2, 0) is 6.18 Å². The molecule has 1 aromatic carbocycles. The fraction of sp³-hybridized carbons (Fsp3) is 0.300. The molecule has 0 heterocycles. The summed E-state index contributed by atoms with van der Waals surface area (Å²) in [5.41, 5.74) is -0.899. The zero-order valence-corrected chi connectivity index (χ0v) is 8.62. The van der Waals surface area contributed by atoms with Crippen molar-refractivity contribution in [2.24, 2.45) is 0 Å². The number of alkyl halides is 3. The molecule has 0 spiro atoms. The molecule has 0 aliphatic carbocycles. The van der Waals surface area contributed by atoms with Gasteiger partial charge >= 0.3 is 6.18 Å². The van der Waals surface area contributed by atoms with E-state index in [1.54, 1.807) is 6.92 Å². The van der Waals surface area contributed by atoms with Crippen LogP contribution < -0.4 is 0 Å². The first-order chi connectivity index (χ1) is 6.84. The first kappa shape index (κ1) is 12.0. The molecule has 1 nitrogen and oxygen atoms in total. The number of rotatable bonds is 2. The first-order valence-electron chi connectivity index (χ1n) is 4.25. The molecule has 82 valence electrons. The van der Waals surface area contributed by atoms with E-state index in [2.05, 4.69) is 0 Å². The van der Waals surface area contributed by atoms with Gasteiger partial charge in [-0.25, -0.2) is 0 Å². The Hall–Kier alpha value is -1.03. The zero-order chi connectivity index (χ0) is 11.6. The van der Waals surface area contributed by atoms with E-state index in [0.717, 1.165) is 12.1 Å². The van der Waals surface area contributed by atoms with E-state index in [-0.39, 0.29) is 22.8 Å². The van der Waals surface area contributed by atoms with E-state index in [9.17, 15) is 18.0 Å². The maximum absolute atomic E-state index is 12.3. The number of benzene rings is 1. The van der Waals surface area contributed by atoms with Crippen molar-refractivity contribution in [2.75, 3.05) is 0 Å². The minimum Gasteiger partial charge on any atom is -0.294 e. The van der Waals surface area contributed by atoms with Crippen molar-refractivity contribution in [2.45, 2.75) is 19.5 Å². The second-order valence-electron chi connectivity index (χ2n) is 3.00. The second-order valence-corrected chi connectivity index (χ2v) is 3.44. The molecule has 0 atom stereocenters. The highest BCUT2D eigenvalue weighted by molar-refractivity contribution is 6.31. The lowest BCUT2D eigenvalue weighted by Gasteiger charge is -2.08. The topological polar surface area (TPSA) is 17.1 Å². The van der Waals surface area contributed by atoms with Crippen molar-refractivity contribution in [3.8, 4) is 0 Å². The van der Waals surface area contributed by atoms with Gasteiger partial charge in [0.15, 0.2) is 5.78 Å². The van der Waals surface area contributed by atoms with Crippen molar-refractivity contribution >= 4 is 17.4 Å². The molecule has 0 unspecified atom stereocenters. The summed E-state index contributed by atoms with van der Waals surface area (Å²) in [6.07, 6.45) is -4.33. The van der Waals surface area contributed by atoms with Gasteiger partial charge in [0.25, 0.3) is 0 Å². The number of carbonyl (C=O) groups is 1. The standard InChI is InChI=1S/C10H8ClF3O/c1-2-9(15)6-3-7(10(12,13)14)5-8(11)4-6/h3-5H,2H2,1H3. The molecule has 0 N–H and O–H groups in total. The highest BCUT2D eigenvalue weighted by Gasteiger charge is 2.31. The minimum absolute atomic E-state index is 0.00248. The summed E-state index contributed by atoms with van der Waals surface area (Å²) in [5.74, 6) is -0.358. The van der Waals surface area contributed by atoms with Gasteiger partial charge in [0, 0.05) is 17.0 Å². The highest BCUT2D eigenvalue weighted by Crippen LogP contribution is 2.32. The lowest BCUT2D eigenvalue weighted by Crippen LogP contribution is -2.07. The molecule has 0 aliphatic rings. The van der Waals surface area contributed by atoms with Crippen molar-refractivity contribution in [3.63, 3.8) is 0 Å². The van der Waals surface area contributed by atoms with E-state index < -0.39 is 11.7 Å². The Kier molecular flexibility index (Phi) is 3.39. The molecule has 0 aliphatic heterocycles. The normalized spacial score (nSPS) is 11.5. The third-order valence-electron chi connectivity index (χ3n) is 1.87. The highest BCUT2D eigenvalue weighted by atomic mass is 35.5. The van der Waals surface area contributed by atoms with Gasteiger partial charge in [-0.3, -0.25) is 4.79 Å². The third-order valence-corrected chi connectivity index (χ3v) is 2.09. The molecule has 0 saturated heterocycles. The summed E-state index contributed by atoms with van der Waals surface area (Å²) in [6.45, 7) is 1.58. The number of carbonyl (C=O) groups excluding carboxylic acids is 1. The summed E-state index contributed by atoms with van der Waals surface area (Å²) in [6, 6.07) is 2.86. The Labute approximate surface area is 89.9 Å². The van der Waals surface area contributed by atoms with Crippen LogP contribution in [-0.4, -0.2) is 5.78 Å². The Balaban J connectivity index is 3.23. The minimum atomic E-state index is -4.48. The molecular weight excluding hydrogens is 229 g/mol. The van der Waals surface area contributed by atoms with Gasteiger partial charge in [0.2, 0.25) is 0 Å². The second kappa shape index (κ2) is 4.23. The molecule has 0 aromatic heterocycles. The van der Waals surface area contributed by atoms with Gasteiger partial charge < -0.3 is 0 Å². The van der Waals surface area contributed by atoms with Crippen molar-refractivity contribution in [3.05, 3.63) is 34.3 Å². The van der Waals surface area contributed by atoms with Crippen LogP contribution in [0, 0.1) is 0 Å². The number of hydrogen-bond acceptors (Lipinski definition) is 1. The van der Waals surface area contributed by atoms with Crippen LogP contribution in [0.3, 0.4) is 0 Å². The van der Waals surface area contributed by atoms with Crippen LogP contribution in [0.2, 0.25) is 5.02 Å². The van der Waals surface area contributed by atoms with Crippen molar-refractivity contribution in [1.29, 1.82) is 0 Å². The van der Waals surface area contributed by atoms with Crippen molar-refractivity contribution < 1.29 is 18.0 Å². The number of hydrogen-bond donors (Lipinski definition) is 0. The van der Waals surface area contributed by atoms with Gasteiger partial charge in [-0.2, -0.15) is 13.2 Å². The average Bonchev–Trinajstić information content (AvgIpc) is 2.14. The largest absolute Gasteiger partial charge is 0.416 e. The average molecular weight is 237 g/mol. The van der Waals surface area contributed by atoms with E-state index in [4.69, 9.17) is 11.6 Å². The van der Waals surface area contributed by atoms with Gasteiger partial charge in [-0.1, -0.05) is 18.5 Å². The third kappa shape index (κ3) is 2.96. The van der Waals surface area contributed by atoms with Crippen LogP contribution in [0.25, 0.3) is 0 Å². The molecule has 5 heteroatoms. The van der Waals surface area contributed by atoms with E-state index in [0.29, 0.717) is 0 Å². The molecule has 0 radical (unpaired) electrons. The van der Waals surface area contributed by atoms with Gasteiger partial charge in [0.05, 0.1) is 5.56 Å². The number of halogens is 4. The lowest BCUT2D eigenvalue weighted by molar-refractivity contribution is -0.137. The quantitative estimate of drug-likeness (QED) is 0.711. The molecule has 0 amide bonds. The number of ketones is 1. The maximum Gasteiger partial charge on any atom is 0.416 e. The molecular formula is C10H8ClF3O. The van der Waals surface area contributed by atoms with E-state index in [1.165, 1.54) is 6.07 Å². The fourth-order valence-corrected chi connectivity index (χ4v) is 1.35. The molecule has 1 rings (SSSR count). The number of Topliss-reactive ketones (excluding diaryl/α,β-unsaturated/α-hetero) is 1. The van der Waals surface area contributed by atoms with Gasteiger partial charge in [-0.05, 0) is 18.2 Å². The summed E-state index contributed by atoms with van der Waals surface area (Å²) >= 11 is 5.50. The van der Waals surface area contributed by atoms with Crippen molar-refractivity contribution in [1.82, 2.24) is 0 Å². The summed E-state index contributed by atoms with van der Waals surface area (Å²) < 4.78 is 37.0. The van der Waals surface area contributed by atoms with Gasteiger partial charge in [0.1, 0.15) is 0 Å². The monoisotopic (exact) mass is 236 g/mol. The van der Waals surface area contributed by atoms with Crippen LogP contribution in [0.5, 0.6) is 0 Å². The summed E-state index contributed by atoms with van der Waals surface area (Å²) in [4.78, 5) is 11.2. The Morgan fingerprint density at radius 1 is 1.33 bits per heavy atom. The predicted molar refractivity (Wildman–Crippen MR) is 51.1 cm³/mol. The maximum atomic E-state index is 12.3. The Bertz CT molecular complexity index is 385. The van der Waals surface area contributed by atoms with Crippen LogP contribution in [0.1, 0.15) is 29.3 Å². The van der Waals surface area contributed by atoms with Crippen LogP contribution >= 0.6 is 11.6 Å². The Morgan fingerprint density at radius 3 is 2.40 bits per heavy atom. The lowest BCUT2D eigenvalue weighted by atomic mass is 10.1. The molecule has 15 heavy (non-hydrogen) atoms. The first-order valence-corrected chi connectivity index (χ1v) is 4.63. The molecule has 1 aromatic rings. The molecule has 0 saturated carbocycles. The van der Waals surface area contributed by atoms with E-state index in [1.807, 2.05) is 0 Å². The summed E-state index contributed by atoms with van der Waals surface area (Å²) in [7, 11) is 0. The smallest absolute Gasteiger partial charge is 0.294 e. The summed E-state index contributed by atoms with van der Waals surface area (Å²) in [5, 5.41) is -0.0818. The fourth-order valence-electron chi connectivity index (χ4n) is 1.12. The molecule has 0 bridgehead atoms. The predicted octanol–water partition coefficient (Wildman–Crippen LogP) is 3.95.